The van der Waals surface area contributed by atoms with Crippen LogP contribution in [0.15, 0.2) is 30.5 Å². The number of rotatable bonds is 8. The van der Waals surface area contributed by atoms with E-state index < -0.39 is 12.6 Å². The van der Waals surface area contributed by atoms with Crippen LogP contribution in [-0.2, 0) is 4.79 Å². The minimum atomic E-state index is -1.09. The Kier molecular flexibility index (Phi) is 6.41. The van der Waals surface area contributed by atoms with Crippen LogP contribution in [0.2, 0.25) is 5.02 Å². The van der Waals surface area contributed by atoms with Gasteiger partial charge in [-0.2, -0.15) is 5.10 Å². The number of aromatic nitrogens is 2. The molecule has 0 aliphatic heterocycles. The van der Waals surface area contributed by atoms with Crippen molar-refractivity contribution in [2.24, 2.45) is 0 Å². The van der Waals surface area contributed by atoms with Gasteiger partial charge in [0.25, 0.3) is 5.91 Å². The lowest BCUT2D eigenvalue weighted by Crippen LogP contribution is -2.20. The van der Waals surface area contributed by atoms with Gasteiger partial charge in [-0.05, 0) is 37.1 Å². The van der Waals surface area contributed by atoms with Crippen LogP contribution in [0.3, 0.4) is 0 Å². The van der Waals surface area contributed by atoms with Gasteiger partial charge in [-0.1, -0.05) is 25.4 Å². The van der Waals surface area contributed by atoms with Crippen LogP contribution in [0, 0.1) is 0 Å². The summed E-state index contributed by atoms with van der Waals surface area (Å²) < 4.78 is 6.78. The van der Waals surface area contributed by atoms with Crippen molar-refractivity contribution in [3.05, 3.63) is 41.2 Å². The predicted octanol–water partition coefficient (Wildman–Crippen LogP) is 3.61. The number of nitrogens with one attached hydrogen (secondary N) is 1. The Morgan fingerprint density at radius 1 is 1.32 bits per heavy atom. The molecule has 0 unspecified atom stereocenters. The van der Waals surface area contributed by atoms with Crippen LogP contribution < -0.4 is 10.1 Å². The second-order valence-electron chi connectivity index (χ2n) is 5.41. The third-order valence-corrected chi connectivity index (χ3v) is 4.03. The number of ether oxygens (including phenoxy) is 1. The van der Waals surface area contributed by atoms with Crippen molar-refractivity contribution >= 4 is 29.2 Å². The van der Waals surface area contributed by atoms with Crippen molar-refractivity contribution in [1.82, 2.24) is 9.78 Å². The quantitative estimate of drug-likeness (QED) is 0.745. The fourth-order valence-corrected chi connectivity index (χ4v) is 2.68. The molecule has 134 valence electrons. The number of aliphatic carboxylic acids is 1. The molecule has 0 aliphatic carbocycles. The molecule has 0 spiro atoms. The highest BCUT2D eigenvalue weighted by molar-refractivity contribution is 6.32. The van der Waals surface area contributed by atoms with Crippen molar-refractivity contribution in [3.63, 3.8) is 0 Å². The summed E-state index contributed by atoms with van der Waals surface area (Å²) in [5.41, 5.74) is 0.950. The number of carboxylic acid groups (broad SMARTS) is 1. The van der Waals surface area contributed by atoms with Crippen LogP contribution >= 0.6 is 11.6 Å². The number of carbonyl (C=O) groups excluding carboxylic acids is 1. The lowest BCUT2D eigenvalue weighted by atomic mass is 10.1. The van der Waals surface area contributed by atoms with E-state index in [0.717, 1.165) is 12.8 Å². The highest BCUT2D eigenvalue weighted by atomic mass is 35.5. The van der Waals surface area contributed by atoms with Crippen molar-refractivity contribution in [3.8, 4) is 5.75 Å². The van der Waals surface area contributed by atoms with E-state index in [1.165, 1.54) is 12.1 Å². The van der Waals surface area contributed by atoms with Gasteiger partial charge in [-0.15, -0.1) is 0 Å². The highest BCUT2D eigenvalue weighted by Crippen LogP contribution is 2.28. The van der Waals surface area contributed by atoms with Gasteiger partial charge in [0.15, 0.2) is 6.61 Å². The summed E-state index contributed by atoms with van der Waals surface area (Å²) in [6, 6.07) is 6.44. The Labute approximate surface area is 150 Å². The molecule has 7 nitrogen and oxygen atoms in total. The average molecular weight is 366 g/mol. The first-order chi connectivity index (χ1) is 12.0. The number of hydrogen-bond acceptors (Lipinski definition) is 4. The number of amides is 1. The first kappa shape index (κ1) is 18.8. The lowest BCUT2D eigenvalue weighted by Gasteiger charge is -2.16. The number of carboxylic acids is 1. The molecule has 2 aromatic rings. The minimum Gasteiger partial charge on any atom is -0.480 e. The smallest absolute Gasteiger partial charge is 0.341 e. The molecule has 0 atom stereocenters. The molecule has 1 heterocycles. The van der Waals surface area contributed by atoms with E-state index in [0.29, 0.717) is 11.4 Å². The summed E-state index contributed by atoms with van der Waals surface area (Å²) in [4.78, 5) is 23.1. The molecule has 0 saturated carbocycles. The fourth-order valence-electron chi connectivity index (χ4n) is 2.45. The minimum absolute atomic E-state index is 0.158. The van der Waals surface area contributed by atoms with Gasteiger partial charge in [0.1, 0.15) is 11.4 Å². The van der Waals surface area contributed by atoms with Gasteiger partial charge in [0, 0.05) is 11.9 Å². The van der Waals surface area contributed by atoms with Crippen LogP contribution in [0.1, 0.15) is 43.2 Å². The van der Waals surface area contributed by atoms with Crippen molar-refractivity contribution < 1.29 is 19.4 Å². The van der Waals surface area contributed by atoms with Crippen molar-refractivity contribution in [2.45, 2.75) is 32.7 Å². The molecule has 0 radical (unpaired) electrons. The van der Waals surface area contributed by atoms with Gasteiger partial charge < -0.3 is 15.2 Å². The van der Waals surface area contributed by atoms with Crippen LogP contribution in [-0.4, -0.2) is 33.4 Å². The number of benzene rings is 1. The van der Waals surface area contributed by atoms with Gasteiger partial charge in [-0.3, -0.25) is 9.48 Å². The van der Waals surface area contributed by atoms with Crippen molar-refractivity contribution in [2.75, 3.05) is 11.9 Å². The third-order valence-electron chi connectivity index (χ3n) is 3.73. The van der Waals surface area contributed by atoms with Gasteiger partial charge in [0.2, 0.25) is 0 Å². The normalized spacial score (nSPS) is 10.7. The molecule has 1 aromatic heterocycles. The van der Waals surface area contributed by atoms with E-state index in [-0.39, 0.29) is 22.7 Å². The lowest BCUT2D eigenvalue weighted by molar-refractivity contribution is -0.139. The summed E-state index contributed by atoms with van der Waals surface area (Å²) >= 11 is 6.06. The summed E-state index contributed by atoms with van der Waals surface area (Å²) in [5, 5.41) is 15.9. The molecule has 25 heavy (non-hydrogen) atoms. The zero-order valence-electron chi connectivity index (χ0n) is 14.0. The molecule has 2 N–H and O–H groups in total. The first-order valence-corrected chi connectivity index (χ1v) is 8.33. The maximum atomic E-state index is 12.5. The molecule has 2 rings (SSSR count). The predicted molar refractivity (Wildman–Crippen MR) is 94.4 cm³/mol. The molecule has 1 amide bonds. The summed E-state index contributed by atoms with van der Waals surface area (Å²) in [7, 11) is 0. The standard InChI is InChI=1S/C17H20ClN3O4/c1-3-12(4-2)21-14(7-8-19-21)17(24)20-11-5-6-15(13(18)9-11)25-10-16(22)23/h5-9,12H,3-4,10H2,1-2H3,(H,20,24)(H,22,23). The number of hydrogen-bond donors (Lipinski definition) is 2. The Morgan fingerprint density at radius 3 is 2.64 bits per heavy atom. The Bertz CT molecular complexity index is 756. The SMILES string of the molecule is CCC(CC)n1nccc1C(=O)Nc1ccc(OCC(=O)O)c(Cl)c1. The topological polar surface area (TPSA) is 93.5 Å². The molecule has 0 bridgehead atoms. The van der Waals surface area contributed by atoms with Crippen LogP contribution in [0.5, 0.6) is 5.75 Å². The second-order valence-corrected chi connectivity index (χ2v) is 5.82. The number of nitrogens with zero attached hydrogens (tertiary/aromatic N) is 2. The van der Waals surface area contributed by atoms with Gasteiger partial charge >= 0.3 is 5.97 Å². The van der Waals surface area contributed by atoms with Crippen LogP contribution in [0.4, 0.5) is 5.69 Å². The zero-order chi connectivity index (χ0) is 18.4. The average Bonchev–Trinajstić information content (AvgIpc) is 3.05. The maximum Gasteiger partial charge on any atom is 0.341 e. The molecule has 0 saturated heterocycles. The summed E-state index contributed by atoms with van der Waals surface area (Å²) in [6.45, 7) is 3.61. The van der Waals surface area contributed by atoms with E-state index in [9.17, 15) is 9.59 Å². The number of anilines is 1. The Morgan fingerprint density at radius 2 is 2.04 bits per heavy atom. The Hall–Kier alpha value is -2.54. The molecular formula is C17H20ClN3O4. The number of halogens is 1. The Balaban J connectivity index is 2.12. The zero-order valence-corrected chi connectivity index (χ0v) is 14.8. The van der Waals surface area contributed by atoms with E-state index in [4.69, 9.17) is 21.4 Å². The number of carbonyl (C=O) groups is 2. The molecule has 0 fully saturated rings. The van der Waals surface area contributed by atoms with E-state index >= 15 is 0 Å². The molecule has 0 aliphatic rings. The van der Waals surface area contributed by atoms with E-state index in [1.54, 1.807) is 23.0 Å². The maximum absolute atomic E-state index is 12.5. The third kappa shape index (κ3) is 4.73. The van der Waals surface area contributed by atoms with Crippen molar-refractivity contribution in [1.29, 1.82) is 0 Å². The molecule has 1 aromatic carbocycles. The highest BCUT2D eigenvalue weighted by Gasteiger charge is 2.17. The van der Waals surface area contributed by atoms with Gasteiger partial charge in [0.05, 0.1) is 11.1 Å². The second kappa shape index (κ2) is 8.53. The van der Waals surface area contributed by atoms with E-state index in [2.05, 4.69) is 10.4 Å². The molecular weight excluding hydrogens is 346 g/mol. The largest absolute Gasteiger partial charge is 0.480 e. The summed E-state index contributed by atoms with van der Waals surface area (Å²) in [5.74, 6) is -1.15. The monoisotopic (exact) mass is 365 g/mol. The van der Waals surface area contributed by atoms with Crippen LogP contribution in [0.25, 0.3) is 0 Å². The van der Waals surface area contributed by atoms with Gasteiger partial charge in [-0.25, -0.2) is 4.79 Å². The molecule has 8 heteroatoms. The van der Waals surface area contributed by atoms with E-state index in [1.807, 2.05) is 13.8 Å². The summed E-state index contributed by atoms with van der Waals surface area (Å²) in [6.07, 6.45) is 3.35. The fraction of sp³-hybridized carbons (Fsp3) is 0.353. The first-order valence-electron chi connectivity index (χ1n) is 7.95.